The highest BCUT2D eigenvalue weighted by Gasteiger charge is 2.31. The van der Waals surface area contributed by atoms with Gasteiger partial charge in [-0.15, -0.1) is 0 Å². The molecule has 0 bridgehead atoms. The zero-order valence-electron chi connectivity index (χ0n) is 12.2. The van der Waals surface area contributed by atoms with Crippen molar-refractivity contribution in [1.29, 1.82) is 0 Å². The third-order valence-corrected chi connectivity index (χ3v) is 5.38. The first-order valence-electron chi connectivity index (χ1n) is 7.28. The number of sulfonamides is 1. The summed E-state index contributed by atoms with van der Waals surface area (Å²) in [6.07, 6.45) is 6.07. The number of H-pyrrole nitrogens is 1. The second-order valence-corrected chi connectivity index (χ2v) is 6.88. The van der Waals surface area contributed by atoms with E-state index in [0.29, 0.717) is 13.1 Å². The minimum Gasteiger partial charge on any atom is -0.462 e. The number of hydrogen-bond acceptors (Lipinski definition) is 5. The van der Waals surface area contributed by atoms with Crippen molar-refractivity contribution in [2.24, 2.45) is 0 Å². The number of nitrogens with one attached hydrogen (secondary N) is 1. The van der Waals surface area contributed by atoms with Crippen molar-refractivity contribution >= 4 is 16.0 Å². The molecule has 1 saturated heterocycles. The van der Waals surface area contributed by atoms with Gasteiger partial charge in [0.15, 0.2) is 5.03 Å². The van der Waals surface area contributed by atoms with Gasteiger partial charge < -0.3 is 4.74 Å². The maximum absolute atomic E-state index is 12.7. The Hall–Kier alpha value is -1.41. The van der Waals surface area contributed by atoms with Gasteiger partial charge in [-0.1, -0.05) is 19.3 Å². The van der Waals surface area contributed by atoms with Gasteiger partial charge in [-0.2, -0.15) is 9.40 Å². The number of esters is 1. The van der Waals surface area contributed by atoms with E-state index in [9.17, 15) is 13.2 Å². The minimum atomic E-state index is -3.74. The van der Waals surface area contributed by atoms with Crippen molar-refractivity contribution in [3.05, 3.63) is 11.8 Å². The van der Waals surface area contributed by atoms with Crippen LogP contribution in [0.4, 0.5) is 0 Å². The second kappa shape index (κ2) is 7.04. The summed E-state index contributed by atoms with van der Waals surface area (Å²) in [5.74, 6) is -0.670. The number of carbonyl (C=O) groups excluding carboxylic acids is 1. The quantitative estimate of drug-likeness (QED) is 0.851. The van der Waals surface area contributed by atoms with Crippen molar-refractivity contribution in [3.63, 3.8) is 0 Å². The van der Waals surface area contributed by atoms with E-state index in [1.165, 1.54) is 10.5 Å². The fourth-order valence-electron chi connectivity index (χ4n) is 2.41. The van der Waals surface area contributed by atoms with E-state index in [2.05, 4.69) is 10.2 Å². The van der Waals surface area contributed by atoms with Gasteiger partial charge in [-0.05, 0) is 19.8 Å². The average Bonchev–Trinajstić information content (AvgIpc) is 2.88. The molecule has 0 amide bonds. The van der Waals surface area contributed by atoms with Crippen molar-refractivity contribution in [2.45, 2.75) is 44.1 Å². The third kappa shape index (κ3) is 3.62. The van der Waals surface area contributed by atoms with Crippen LogP contribution in [0.3, 0.4) is 0 Å². The largest absolute Gasteiger partial charge is 0.462 e. The lowest BCUT2D eigenvalue weighted by Gasteiger charge is -2.23. The number of hydrogen-bond donors (Lipinski definition) is 1. The van der Waals surface area contributed by atoms with Gasteiger partial charge in [-0.25, -0.2) is 13.2 Å². The first-order chi connectivity index (χ1) is 10.1. The monoisotopic (exact) mass is 315 g/mol. The van der Waals surface area contributed by atoms with E-state index in [4.69, 9.17) is 4.74 Å². The zero-order valence-corrected chi connectivity index (χ0v) is 13.0. The van der Waals surface area contributed by atoms with E-state index >= 15 is 0 Å². The van der Waals surface area contributed by atoms with Crippen LogP contribution in [0.2, 0.25) is 0 Å². The molecule has 1 aliphatic rings. The van der Waals surface area contributed by atoms with E-state index in [1.807, 2.05) is 0 Å². The van der Waals surface area contributed by atoms with Crippen LogP contribution in [-0.2, 0) is 14.8 Å². The first-order valence-corrected chi connectivity index (χ1v) is 8.72. The van der Waals surface area contributed by atoms with Crippen LogP contribution in [0.1, 0.15) is 49.4 Å². The summed E-state index contributed by atoms with van der Waals surface area (Å²) in [4.78, 5) is 11.8. The Balaban J connectivity index is 2.26. The molecule has 0 unspecified atom stereocenters. The SMILES string of the molecule is CCOC(=O)c1cn[nH]c1S(=O)(=O)N1CCCCCCC1. The molecule has 0 atom stereocenters. The average molecular weight is 315 g/mol. The molecule has 1 fully saturated rings. The maximum atomic E-state index is 12.7. The smallest absolute Gasteiger partial charge is 0.342 e. The summed E-state index contributed by atoms with van der Waals surface area (Å²) in [5.41, 5.74) is -0.0288. The molecule has 0 saturated carbocycles. The van der Waals surface area contributed by atoms with Crippen molar-refractivity contribution in [3.8, 4) is 0 Å². The summed E-state index contributed by atoms with van der Waals surface area (Å²) in [5, 5.41) is 5.97. The highest BCUT2D eigenvalue weighted by Crippen LogP contribution is 2.21. The normalized spacial score (nSPS) is 18.0. The van der Waals surface area contributed by atoms with E-state index in [-0.39, 0.29) is 17.2 Å². The van der Waals surface area contributed by atoms with Gasteiger partial charge in [0.1, 0.15) is 5.56 Å². The molecule has 1 aromatic rings. The Kier molecular flexibility index (Phi) is 5.35. The number of nitrogens with zero attached hydrogens (tertiary/aromatic N) is 2. The zero-order chi connectivity index (χ0) is 15.3. The minimum absolute atomic E-state index is 0.0288. The molecule has 0 aromatic carbocycles. The van der Waals surface area contributed by atoms with Gasteiger partial charge in [0.25, 0.3) is 10.0 Å². The molecule has 118 valence electrons. The molecule has 0 radical (unpaired) electrons. The number of aromatic amines is 1. The molecule has 0 spiro atoms. The predicted octanol–water partition coefficient (Wildman–Crippen LogP) is 1.54. The number of aromatic nitrogens is 2. The summed E-state index contributed by atoms with van der Waals surface area (Å²) < 4.78 is 31.7. The summed E-state index contributed by atoms with van der Waals surface area (Å²) in [6, 6.07) is 0. The molecular weight excluding hydrogens is 294 g/mol. The Morgan fingerprint density at radius 1 is 1.29 bits per heavy atom. The van der Waals surface area contributed by atoms with E-state index < -0.39 is 16.0 Å². The standard InChI is InChI=1S/C13H21N3O4S/c1-2-20-13(17)11-10-14-15-12(11)21(18,19)16-8-6-4-3-5-7-9-16/h10H,2-9H2,1H3,(H,14,15). The van der Waals surface area contributed by atoms with Gasteiger partial charge in [0.2, 0.25) is 0 Å². The third-order valence-electron chi connectivity index (χ3n) is 3.51. The Morgan fingerprint density at radius 3 is 2.52 bits per heavy atom. The molecule has 7 nitrogen and oxygen atoms in total. The highest BCUT2D eigenvalue weighted by atomic mass is 32.2. The fourth-order valence-corrected chi connectivity index (χ4v) is 3.99. The van der Waals surface area contributed by atoms with Gasteiger partial charge in [0, 0.05) is 13.1 Å². The molecular formula is C13H21N3O4S. The van der Waals surface area contributed by atoms with E-state index in [1.54, 1.807) is 6.92 Å². The topological polar surface area (TPSA) is 92.4 Å². The molecule has 21 heavy (non-hydrogen) atoms. The van der Waals surface area contributed by atoms with Crippen molar-refractivity contribution in [2.75, 3.05) is 19.7 Å². The lowest BCUT2D eigenvalue weighted by molar-refractivity contribution is 0.0521. The lowest BCUT2D eigenvalue weighted by Crippen LogP contribution is -2.35. The molecule has 2 rings (SSSR count). The van der Waals surface area contributed by atoms with Crippen LogP contribution in [0.5, 0.6) is 0 Å². The van der Waals surface area contributed by atoms with Gasteiger partial charge in [0.05, 0.1) is 12.8 Å². The Bertz CT molecular complexity index is 574. The summed E-state index contributed by atoms with van der Waals surface area (Å²) in [6.45, 7) is 2.81. The molecule has 0 aliphatic carbocycles. The predicted molar refractivity (Wildman–Crippen MR) is 76.4 cm³/mol. The second-order valence-electron chi connectivity index (χ2n) is 5.01. The van der Waals surface area contributed by atoms with Crippen LogP contribution in [0, 0.1) is 0 Å². The van der Waals surface area contributed by atoms with Crippen LogP contribution in [0.15, 0.2) is 11.2 Å². The van der Waals surface area contributed by atoms with Crippen LogP contribution >= 0.6 is 0 Å². The molecule has 8 heteroatoms. The van der Waals surface area contributed by atoms with Crippen LogP contribution in [0.25, 0.3) is 0 Å². The van der Waals surface area contributed by atoms with Crippen LogP contribution < -0.4 is 0 Å². The number of rotatable bonds is 4. The van der Waals surface area contributed by atoms with Crippen LogP contribution in [-0.4, -0.2) is 48.6 Å². The molecule has 1 aromatic heterocycles. The molecule has 2 heterocycles. The molecule has 1 aliphatic heterocycles. The fraction of sp³-hybridized carbons (Fsp3) is 0.692. The number of ether oxygens (including phenoxy) is 1. The van der Waals surface area contributed by atoms with Gasteiger partial charge >= 0.3 is 5.97 Å². The van der Waals surface area contributed by atoms with Crippen molar-refractivity contribution < 1.29 is 17.9 Å². The Morgan fingerprint density at radius 2 is 1.90 bits per heavy atom. The first kappa shape index (κ1) is 16.0. The summed E-state index contributed by atoms with van der Waals surface area (Å²) >= 11 is 0. The van der Waals surface area contributed by atoms with Crippen molar-refractivity contribution in [1.82, 2.24) is 14.5 Å². The number of carbonyl (C=O) groups is 1. The Labute approximate surface area is 124 Å². The molecule has 1 N–H and O–H groups in total. The lowest BCUT2D eigenvalue weighted by atomic mass is 10.1. The van der Waals surface area contributed by atoms with E-state index in [0.717, 1.165) is 32.1 Å². The maximum Gasteiger partial charge on any atom is 0.342 e. The summed E-state index contributed by atoms with van der Waals surface area (Å²) in [7, 11) is -3.74. The highest BCUT2D eigenvalue weighted by molar-refractivity contribution is 7.89. The van der Waals surface area contributed by atoms with Gasteiger partial charge in [-0.3, -0.25) is 5.10 Å².